The lowest BCUT2D eigenvalue weighted by Gasteiger charge is -2.50. The zero-order chi connectivity index (χ0) is 29.9. The number of rotatable bonds is 9. The van der Waals surface area contributed by atoms with E-state index < -0.39 is 11.5 Å². The van der Waals surface area contributed by atoms with Gasteiger partial charge in [0.1, 0.15) is 11.2 Å². The lowest BCUT2D eigenvalue weighted by molar-refractivity contribution is -0.130. The molecule has 42 heavy (non-hydrogen) atoms. The first-order chi connectivity index (χ1) is 20.3. The molecule has 2 amide bonds. The van der Waals surface area contributed by atoms with Crippen LogP contribution in [0.3, 0.4) is 0 Å². The van der Waals surface area contributed by atoms with E-state index in [4.69, 9.17) is 4.74 Å². The Kier molecular flexibility index (Phi) is 8.99. The number of amides is 2. The number of hydrogen-bond donors (Lipinski definition) is 2. The Morgan fingerprint density at radius 1 is 0.952 bits per heavy atom. The first-order valence-corrected chi connectivity index (χ1v) is 15.1. The van der Waals surface area contributed by atoms with E-state index in [9.17, 15) is 14.7 Å². The van der Waals surface area contributed by atoms with Crippen LogP contribution in [0.4, 0.5) is 0 Å². The summed E-state index contributed by atoms with van der Waals surface area (Å²) in [5.74, 6) is 0.384. The second-order valence-electron chi connectivity index (χ2n) is 11.0. The van der Waals surface area contributed by atoms with Gasteiger partial charge in [-0.15, -0.1) is 0 Å². The van der Waals surface area contributed by atoms with Gasteiger partial charge in [-0.3, -0.25) is 9.59 Å². The third kappa shape index (κ3) is 5.55. The van der Waals surface area contributed by atoms with Gasteiger partial charge in [-0.25, -0.2) is 0 Å². The molecule has 7 heteroatoms. The van der Waals surface area contributed by atoms with E-state index in [-0.39, 0.29) is 31.0 Å². The molecule has 0 radical (unpaired) electrons. The smallest absolute Gasteiger partial charge is 0.255 e. The molecule has 0 unspecified atom stereocenters. The van der Waals surface area contributed by atoms with Crippen LogP contribution in [0.15, 0.2) is 97.1 Å². The summed E-state index contributed by atoms with van der Waals surface area (Å²) < 4.78 is 6.73. The van der Waals surface area contributed by atoms with Gasteiger partial charge in [0, 0.05) is 20.7 Å². The third-order valence-electron chi connectivity index (χ3n) is 7.94. The molecule has 5 rings (SSSR count). The van der Waals surface area contributed by atoms with Crippen molar-refractivity contribution in [1.29, 1.82) is 0 Å². The Bertz CT molecular complexity index is 1590. The number of para-hydroxylation sites is 1. The summed E-state index contributed by atoms with van der Waals surface area (Å²) in [6.07, 6.45) is 0.379. The molecule has 0 saturated heterocycles. The van der Waals surface area contributed by atoms with Gasteiger partial charge in [-0.2, -0.15) is 0 Å². The Balaban J connectivity index is 1.84. The molecule has 0 aromatic heterocycles. The lowest BCUT2D eigenvalue weighted by atomic mass is 9.63. The highest BCUT2D eigenvalue weighted by Gasteiger charge is 2.56. The molecule has 1 aliphatic rings. The molecular formula is C35H35IN2O4. The van der Waals surface area contributed by atoms with Gasteiger partial charge in [-0.05, 0) is 83.3 Å². The normalized spacial score (nSPS) is 18.1. The number of ether oxygens (including phenoxy) is 1. The maximum atomic E-state index is 14.8. The average molecular weight is 675 g/mol. The molecule has 216 valence electrons. The van der Waals surface area contributed by atoms with Crippen molar-refractivity contribution in [1.82, 2.24) is 10.2 Å². The molecule has 0 saturated carbocycles. The van der Waals surface area contributed by atoms with Gasteiger partial charge in [0.25, 0.3) is 5.91 Å². The molecule has 1 aliphatic heterocycles. The highest BCUT2D eigenvalue weighted by molar-refractivity contribution is 14.1. The van der Waals surface area contributed by atoms with Crippen molar-refractivity contribution in [3.8, 4) is 5.75 Å². The number of aliphatic hydroxyl groups excluding tert-OH is 1. The number of carbonyl (C=O) groups is 2. The van der Waals surface area contributed by atoms with Crippen LogP contribution in [-0.4, -0.2) is 35.0 Å². The molecule has 0 spiro atoms. The molecule has 0 bridgehead atoms. The first-order valence-electron chi connectivity index (χ1n) is 14.1. The highest BCUT2D eigenvalue weighted by atomic mass is 127. The summed E-state index contributed by atoms with van der Waals surface area (Å²) in [7, 11) is 1.62. The summed E-state index contributed by atoms with van der Waals surface area (Å²) in [4.78, 5) is 31.1. The fourth-order valence-electron chi connectivity index (χ4n) is 6.05. The second-order valence-corrected chi connectivity index (χ2v) is 12.1. The fraction of sp³-hybridized carbons (Fsp3) is 0.257. The molecule has 0 aliphatic carbocycles. The molecule has 4 aromatic carbocycles. The van der Waals surface area contributed by atoms with Gasteiger partial charge in [0.15, 0.2) is 0 Å². The van der Waals surface area contributed by atoms with Gasteiger partial charge < -0.3 is 20.1 Å². The lowest BCUT2D eigenvalue weighted by Crippen LogP contribution is -2.60. The Labute approximate surface area is 260 Å². The number of hydrogen-bond acceptors (Lipinski definition) is 4. The zero-order valence-corrected chi connectivity index (χ0v) is 26.2. The average Bonchev–Trinajstić information content (AvgIpc) is 3.00. The minimum absolute atomic E-state index is 0.0984. The number of carbonyl (C=O) groups excluding carboxylic acids is 2. The summed E-state index contributed by atoms with van der Waals surface area (Å²) in [6, 6.07) is 30.1. The highest BCUT2D eigenvalue weighted by Crippen LogP contribution is 2.51. The van der Waals surface area contributed by atoms with Crippen molar-refractivity contribution in [3.63, 3.8) is 0 Å². The van der Waals surface area contributed by atoms with Gasteiger partial charge >= 0.3 is 0 Å². The van der Waals surface area contributed by atoms with Crippen molar-refractivity contribution in [2.45, 2.75) is 50.9 Å². The third-order valence-corrected chi connectivity index (χ3v) is 8.99. The maximum absolute atomic E-state index is 14.8. The van der Waals surface area contributed by atoms with Crippen LogP contribution in [-0.2, 0) is 29.8 Å². The van der Waals surface area contributed by atoms with Crippen molar-refractivity contribution in [3.05, 3.63) is 134 Å². The van der Waals surface area contributed by atoms with Crippen molar-refractivity contribution in [2.24, 2.45) is 0 Å². The van der Waals surface area contributed by atoms with Gasteiger partial charge in [0.2, 0.25) is 5.91 Å². The maximum Gasteiger partial charge on any atom is 0.255 e. The van der Waals surface area contributed by atoms with Crippen LogP contribution in [0.5, 0.6) is 5.75 Å². The zero-order valence-electron chi connectivity index (χ0n) is 24.0. The van der Waals surface area contributed by atoms with E-state index >= 15 is 0 Å². The standard InChI is InChI=1S/C35H35IN2O4/c1-23(2)37-34(41)35(20-26-10-4-8-14-30(26)36)29-13-7-6-12-28(29)33(40)38(21-27-11-5-9-15-31(27)42-3)32(35)25-18-16-24(22-39)17-19-25/h4-19,23,32,39H,20-22H2,1-3H3,(H,37,41)/t32-,35-/m0/s1. The van der Waals surface area contributed by atoms with E-state index in [2.05, 4.69) is 34.0 Å². The summed E-state index contributed by atoms with van der Waals surface area (Å²) in [6.45, 7) is 4.05. The summed E-state index contributed by atoms with van der Waals surface area (Å²) in [5, 5.41) is 13.0. The van der Waals surface area contributed by atoms with Crippen LogP contribution in [0, 0.1) is 3.57 Å². The van der Waals surface area contributed by atoms with Crippen LogP contribution >= 0.6 is 22.6 Å². The first kappa shape index (κ1) is 29.8. The Morgan fingerprint density at radius 3 is 2.26 bits per heavy atom. The number of benzene rings is 4. The van der Waals surface area contributed by atoms with Crippen LogP contribution in [0.25, 0.3) is 0 Å². The number of aliphatic hydroxyl groups is 1. The molecule has 6 nitrogen and oxygen atoms in total. The van der Waals surface area contributed by atoms with Crippen LogP contribution < -0.4 is 10.1 Å². The van der Waals surface area contributed by atoms with E-state index in [1.807, 2.05) is 110 Å². The van der Waals surface area contributed by atoms with Crippen molar-refractivity contribution in [2.75, 3.05) is 7.11 Å². The number of fused-ring (bicyclic) bond motifs is 1. The molecule has 2 atom stereocenters. The van der Waals surface area contributed by atoms with E-state index in [1.54, 1.807) is 7.11 Å². The summed E-state index contributed by atoms with van der Waals surface area (Å²) in [5.41, 5.74) is 3.49. The second kappa shape index (κ2) is 12.7. The fourth-order valence-corrected chi connectivity index (χ4v) is 6.62. The predicted molar refractivity (Wildman–Crippen MR) is 172 cm³/mol. The topological polar surface area (TPSA) is 78.9 Å². The van der Waals surface area contributed by atoms with Crippen LogP contribution in [0.1, 0.15) is 58.1 Å². The van der Waals surface area contributed by atoms with Gasteiger partial charge in [-0.1, -0.05) is 78.9 Å². The van der Waals surface area contributed by atoms with E-state index in [0.717, 1.165) is 25.8 Å². The number of nitrogens with zero attached hydrogens (tertiary/aromatic N) is 1. The molecule has 2 N–H and O–H groups in total. The quantitative estimate of drug-likeness (QED) is 0.208. The minimum Gasteiger partial charge on any atom is -0.496 e. The predicted octanol–water partition coefficient (Wildman–Crippen LogP) is 6.19. The molecular weight excluding hydrogens is 639 g/mol. The van der Waals surface area contributed by atoms with Crippen LogP contribution in [0.2, 0.25) is 0 Å². The molecule has 1 heterocycles. The van der Waals surface area contributed by atoms with Crippen molar-refractivity contribution >= 4 is 34.4 Å². The van der Waals surface area contributed by atoms with Crippen molar-refractivity contribution < 1.29 is 19.4 Å². The number of methoxy groups -OCH3 is 1. The number of nitrogens with one attached hydrogen (secondary N) is 1. The monoisotopic (exact) mass is 674 g/mol. The van der Waals surface area contributed by atoms with Gasteiger partial charge in [0.05, 0.1) is 26.3 Å². The Hall–Kier alpha value is -3.69. The minimum atomic E-state index is -1.17. The number of halogens is 1. The van der Waals surface area contributed by atoms with E-state index in [0.29, 0.717) is 23.3 Å². The molecule has 0 fully saturated rings. The summed E-state index contributed by atoms with van der Waals surface area (Å²) >= 11 is 2.32. The Morgan fingerprint density at radius 2 is 1.60 bits per heavy atom. The van der Waals surface area contributed by atoms with E-state index in [1.165, 1.54) is 0 Å². The molecule has 4 aromatic rings. The largest absolute Gasteiger partial charge is 0.496 e. The SMILES string of the molecule is COc1ccccc1CN1C(=O)c2ccccc2[C@](Cc2ccccc2I)(C(=O)NC(C)C)[C@@H]1c1ccc(CO)cc1.